The van der Waals surface area contributed by atoms with E-state index in [0.717, 1.165) is 23.6 Å². The zero-order valence-corrected chi connectivity index (χ0v) is 12.0. The van der Waals surface area contributed by atoms with Gasteiger partial charge in [0.1, 0.15) is 5.82 Å². The fourth-order valence-corrected chi connectivity index (χ4v) is 3.28. The molecule has 2 nitrogen and oxygen atoms in total. The van der Waals surface area contributed by atoms with Crippen LogP contribution in [-0.4, -0.2) is 18.0 Å². The van der Waals surface area contributed by atoms with E-state index in [0.29, 0.717) is 12.6 Å². The maximum absolute atomic E-state index is 13.2. The van der Waals surface area contributed by atoms with E-state index in [-0.39, 0.29) is 5.82 Å². The number of rotatable bonds is 4. The molecular weight excluding hydrogens is 239 g/mol. The van der Waals surface area contributed by atoms with E-state index in [9.17, 15) is 4.39 Å². The van der Waals surface area contributed by atoms with E-state index in [1.165, 1.54) is 31.7 Å². The molecular formula is C16H25FN2. The molecule has 106 valence electrons. The van der Waals surface area contributed by atoms with Gasteiger partial charge in [-0.05, 0) is 49.1 Å². The Hall–Kier alpha value is -0.930. The minimum absolute atomic E-state index is 0.196. The Morgan fingerprint density at radius 1 is 1.26 bits per heavy atom. The largest absolute Gasteiger partial charge is 0.326 e. The second kappa shape index (κ2) is 6.49. The molecule has 1 aromatic carbocycles. The fraction of sp³-hybridized carbons (Fsp3) is 0.625. The molecule has 2 N–H and O–H groups in total. The van der Waals surface area contributed by atoms with Gasteiger partial charge in [-0.2, -0.15) is 0 Å². The topological polar surface area (TPSA) is 29.3 Å². The minimum Gasteiger partial charge on any atom is -0.326 e. The Balaban J connectivity index is 2.07. The second-order valence-electron chi connectivity index (χ2n) is 5.86. The van der Waals surface area contributed by atoms with Crippen LogP contribution in [0.3, 0.4) is 0 Å². The molecule has 0 aromatic heterocycles. The van der Waals surface area contributed by atoms with Crippen molar-refractivity contribution in [1.82, 2.24) is 4.90 Å². The van der Waals surface area contributed by atoms with Crippen molar-refractivity contribution in [2.75, 3.05) is 7.05 Å². The van der Waals surface area contributed by atoms with Gasteiger partial charge in [0.2, 0.25) is 0 Å². The normalized spacial score (nSPS) is 23.8. The molecule has 0 spiro atoms. The van der Waals surface area contributed by atoms with Crippen LogP contribution in [0, 0.1) is 11.7 Å². The van der Waals surface area contributed by atoms with Crippen molar-refractivity contribution in [3.63, 3.8) is 0 Å². The minimum atomic E-state index is -0.196. The summed E-state index contributed by atoms with van der Waals surface area (Å²) in [6.45, 7) is 3.61. The molecule has 19 heavy (non-hydrogen) atoms. The number of nitrogens with two attached hydrogens (primary N) is 1. The molecule has 0 heterocycles. The lowest BCUT2D eigenvalue weighted by Crippen LogP contribution is -2.38. The Bertz CT molecular complexity index is 419. The van der Waals surface area contributed by atoms with Gasteiger partial charge in [-0.15, -0.1) is 0 Å². The average molecular weight is 264 g/mol. The molecule has 2 unspecified atom stereocenters. The van der Waals surface area contributed by atoms with Gasteiger partial charge in [-0.25, -0.2) is 4.39 Å². The van der Waals surface area contributed by atoms with Crippen molar-refractivity contribution in [3.8, 4) is 0 Å². The fourth-order valence-electron chi connectivity index (χ4n) is 3.28. The van der Waals surface area contributed by atoms with Crippen LogP contribution >= 0.6 is 0 Å². The number of hydrogen-bond donors (Lipinski definition) is 1. The standard InChI is InChI=1S/C16H25FN2/c1-12-5-3-4-6-16(12)19(2)11-13-7-8-15(17)9-14(13)10-18/h7-9,12,16H,3-6,10-11,18H2,1-2H3. The summed E-state index contributed by atoms with van der Waals surface area (Å²) < 4.78 is 13.2. The monoisotopic (exact) mass is 264 g/mol. The molecule has 0 bridgehead atoms. The lowest BCUT2D eigenvalue weighted by molar-refractivity contribution is 0.133. The summed E-state index contributed by atoms with van der Waals surface area (Å²) in [5.74, 6) is 0.554. The zero-order chi connectivity index (χ0) is 13.8. The van der Waals surface area contributed by atoms with Crippen molar-refractivity contribution < 1.29 is 4.39 Å². The molecule has 2 atom stereocenters. The Morgan fingerprint density at radius 3 is 2.68 bits per heavy atom. The number of halogens is 1. The molecule has 0 saturated heterocycles. The first kappa shape index (κ1) is 14.5. The maximum Gasteiger partial charge on any atom is 0.123 e. The first-order valence-corrected chi connectivity index (χ1v) is 7.29. The van der Waals surface area contributed by atoms with E-state index in [1.807, 2.05) is 6.07 Å². The van der Waals surface area contributed by atoms with Gasteiger partial charge in [-0.3, -0.25) is 4.90 Å². The van der Waals surface area contributed by atoms with Crippen LogP contribution in [0.25, 0.3) is 0 Å². The van der Waals surface area contributed by atoms with Crippen LogP contribution in [0.15, 0.2) is 18.2 Å². The highest BCUT2D eigenvalue weighted by Crippen LogP contribution is 2.28. The van der Waals surface area contributed by atoms with E-state index < -0.39 is 0 Å². The van der Waals surface area contributed by atoms with Gasteiger partial charge in [-0.1, -0.05) is 25.8 Å². The van der Waals surface area contributed by atoms with Gasteiger partial charge in [0.05, 0.1) is 0 Å². The van der Waals surface area contributed by atoms with Gasteiger partial charge >= 0.3 is 0 Å². The third kappa shape index (κ3) is 3.54. The summed E-state index contributed by atoms with van der Waals surface area (Å²) >= 11 is 0. The lowest BCUT2D eigenvalue weighted by Gasteiger charge is -2.36. The Morgan fingerprint density at radius 2 is 2.00 bits per heavy atom. The number of benzene rings is 1. The molecule has 0 aliphatic heterocycles. The molecule has 2 rings (SSSR count). The van der Waals surface area contributed by atoms with Gasteiger partial charge in [0, 0.05) is 19.1 Å². The molecule has 1 aromatic rings. The smallest absolute Gasteiger partial charge is 0.123 e. The molecule has 0 amide bonds. The van der Waals surface area contributed by atoms with Gasteiger partial charge in [0.25, 0.3) is 0 Å². The van der Waals surface area contributed by atoms with E-state index in [1.54, 1.807) is 6.07 Å². The van der Waals surface area contributed by atoms with E-state index >= 15 is 0 Å². The molecule has 1 saturated carbocycles. The summed E-state index contributed by atoms with van der Waals surface area (Å²) in [5, 5.41) is 0. The van der Waals surface area contributed by atoms with Crippen molar-refractivity contribution >= 4 is 0 Å². The highest BCUT2D eigenvalue weighted by atomic mass is 19.1. The molecule has 1 aliphatic rings. The SMILES string of the molecule is CC1CCCCC1N(C)Cc1ccc(F)cc1CN. The highest BCUT2D eigenvalue weighted by molar-refractivity contribution is 5.27. The van der Waals surface area contributed by atoms with Crippen LogP contribution in [0.4, 0.5) is 4.39 Å². The lowest BCUT2D eigenvalue weighted by atomic mass is 9.85. The van der Waals surface area contributed by atoms with Crippen molar-refractivity contribution in [1.29, 1.82) is 0 Å². The van der Waals surface area contributed by atoms with Crippen molar-refractivity contribution in [2.45, 2.75) is 51.7 Å². The molecule has 1 fully saturated rings. The summed E-state index contributed by atoms with van der Waals surface area (Å²) in [5.41, 5.74) is 7.80. The quantitative estimate of drug-likeness (QED) is 0.904. The predicted octanol–water partition coefficient (Wildman–Crippen LogP) is 3.29. The van der Waals surface area contributed by atoms with Crippen LogP contribution < -0.4 is 5.73 Å². The second-order valence-corrected chi connectivity index (χ2v) is 5.86. The third-order valence-electron chi connectivity index (χ3n) is 4.44. The number of nitrogens with zero attached hydrogens (tertiary/aromatic N) is 1. The van der Waals surface area contributed by atoms with Crippen LogP contribution in [0.5, 0.6) is 0 Å². The van der Waals surface area contributed by atoms with E-state index in [4.69, 9.17) is 5.73 Å². The molecule has 0 radical (unpaired) electrons. The zero-order valence-electron chi connectivity index (χ0n) is 12.0. The summed E-state index contributed by atoms with van der Waals surface area (Å²) in [6.07, 6.45) is 5.28. The molecule has 1 aliphatic carbocycles. The Kier molecular flexibility index (Phi) is 4.94. The summed E-state index contributed by atoms with van der Waals surface area (Å²) in [6, 6.07) is 5.62. The number of hydrogen-bond acceptors (Lipinski definition) is 2. The van der Waals surface area contributed by atoms with Gasteiger partial charge < -0.3 is 5.73 Å². The van der Waals surface area contributed by atoms with E-state index in [2.05, 4.69) is 18.9 Å². The van der Waals surface area contributed by atoms with Crippen molar-refractivity contribution in [3.05, 3.63) is 35.1 Å². The van der Waals surface area contributed by atoms with Crippen LogP contribution in [-0.2, 0) is 13.1 Å². The first-order valence-electron chi connectivity index (χ1n) is 7.29. The first-order chi connectivity index (χ1) is 9.11. The van der Waals surface area contributed by atoms with Crippen LogP contribution in [0.2, 0.25) is 0 Å². The average Bonchev–Trinajstić information content (AvgIpc) is 2.41. The highest BCUT2D eigenvalue weighted by Gasteiger charge is 2.25. The molecule has 3 heteroatoms. The summed E-state index contributed by atoms with van der Waals surface area (Å²) in [4.78, 5) is 2.41. The Labute approximate surface area is 115 Å². The van der Waals surface area contributed by atoms with Gasteiger partial charge in [0.15, 0.2) is 0 Å². The van der Waals surface area contributed by atoms with Crippen LogP contribution in [0.1, 0.15) is 43.7 Å². The maximum atomic E-state index is 13.2. The third-order valence-corrected chi connectivity index (χ3v) is 4.44. The summed E-state index contributed by atoms with van der Waals surface area (Å²) in [7, 11) is 2.18. The van der Waals surface area contributed by atoms with Crippen molar-refractivity contribution in [2.24, 2.45) is 11.7 Å². The predicted molar refractivity (Wildman–Crippen MR) is 77.2 cm³/mol.